The third kappa shape index (κ3) is 4.70. The Balaban J connectivity index is 1.78. The quantitative estimate of drug-likeness (QED) is 0.725. The van der Waals surface area contributed by atoms with Crippen molar-refractivity contribution < 1.29 is 9.90 Å². The lowest BCUT2D eigenvalue weighted by Gasteiger charge is -2.35. The van der Waals surface area contributed by atoms with Gasteiger partial charge >= 0.3 is 0 Å². The largest absolute Gasteiger partial charge is 0.393 e. The van der Waals surface area contributed by atoms with Crippen LogP contribution in [0, 0.1) is 12.3 Å². The predicted octanol–water partition coefficient (Wildman–Crippen LogP) is -0.000900. The molecule has 2 fully saturated rings. The molecule has 2 rings (SSSR count). The molecule has 0 aromatic carbocycles. The van der Waals surface area contributed by atoms with Crippen molar-refractivity contribution in [1.82, 2.24) is 14.7 Å². The van der Waals surface area contributed by atoms with E-state index in [2.05, 4.69) is 15.7 Å². The average molecular weight is 293 g/mol. The molecule has 0 aromatic rings. The monoisotopic (exact) mass is 293 g/mol. The van der Waals surface area contributed by atoms with E-state index >= 15 is 0 Å². The highest BCUT2D eigenvalue weighted by Gasteiger charge is 2.29. The molecule has 2 saturated heterocycles. The first-order valence-corrected chi connectivity index (χ1v) is 7.96. The minimum absolute atomic E-state index is 0.216. The second-order valence-electron chi connectivity index (χ2n) is 6.21. The van der Waals surface area contributed by atoms with Gasteiger partial charge in [0.25, 0.3) is 0 Å². The minimum Gasteiger partial charge on any atom is -0.393 e. The number of carbonyl (C=O) groups excluding carboxylic acids is 1. The minimum atomic E-state index is -0.294. The van der Waals surface area contributed by atoms with Crippen LogP contribution in [0.1, 0.15) is 26.2 Å². The van der Waals surface area contributed by atoms with E-state index in [1.54, 1.807) is 0 Å². The highest BCUT2D eigenvalue weighted by molar-refractivity contribution is 5.78. The van der Waals surface area contributed by atoms with Crippen molar-refractivity contribution in [3.05, 3.63) is 0 Å². The van der Waals surface area contributed by atoms with Gasteiger partial charge in [-0.3, -0.25) is 14.6 Å². The van der Waals surface area contributed by atoms with E-state index in [9.17, 15) is 9.90 Å². The van der Waals surface area contributed by atoms with Gasteiger partial charge in [-0.25, -0.2) is 0 Å². The van der Waals surface area contributed by atoms with Gasteiger partial charge in [0.2, 0.25) is 5.91 Å². The highest BCUT2D eigenvalue weighted by Crippen LogP contribution is 2.21. The third-order valence-electron chi connectivity index (χ3n) is 4.49. The lowest BCUT2D eigenvalue weighted by Crippen LogP contribution is -2.51. The molecule has 0 aromatic heterocycles. The van der Waals surface area contributed by atoms with E-state index in [4.69, 9.17) is 6.42 Å². The Bertz CT molecular complexity index is 383. The number of hydrogen-bond donors (Lipinski definition) is 1. The third-order valence-corrected chi connectivity index (χ3v) is 4.49. The van der Waals surface area contributed by atoms with Gasteiger partial charge in [-0.15, -0.1) is 6.42 Å². The molecule has 21 heavy (non-hydrogen) atoms. The first kappa shape index (κ1) is 16.3. The van der Waals surface area contributed by atoms with Crippen molar-refractivity contribution in [2.24, 2.45) is 0 Å². The zero-order valence-corrected chi connectivity index (χ0v) is 13.0. The molecule has 1 N–H and O–H groups in total. The summed E-state index contributed by atoms with van der Waals surface area (Å²) in [7, 11) is 0. The summed E-state index contributed by atoms with van der Waals surface area (Å²) < 4.78 is 0. The molecule has 0 bridgehead atoms. The van der Waals surface area contributed by atoms with Crippen molar-refractivity contribution in [1.29, 1.82) is 0 Å². The summed E-state index contributed by atoms with van der Waals surface area (Å²) in [6.07, 6.45) is 8.01. The summed E-state index contributed by atoms with van der Waals surface area (Å²) in [6, 6.07) is 0.358. The lowest BCUT2D eigenvalue weighted by molar-refractivity contribution is -0.134. The molecular weight excluding hydrogens is 266 g/mol. The maximum Gasteiger partial charge on any atom is 0.236 e. The van der Waals surface area contributed by atoms with Crippen molar-refractivity contribution in [3.8, 4) is 12.3 Å². The van der Waals surface area contributed by atoms with E-state index in [0.717, 1.165) is 52.0 Å². The Hall–Kier alpha value is -1.09. The molecule has 2 aliphatic rings. The van der Waals surface area contributed by atoms with E-state index in [1.807, 2.05) is 11.8 Å². The predicted molar refractivity (Wildman–Crippen MR) is 82.7 cm³/mol. The van der Waals surface area contributed by atoms with E-state index in [1.165, 1.54) is 0 Å². The van der Waals surface area contributed by atoms with Crippen LogP contribution in [0.4, 0.5) is 0 Å². The Morgan fingerprint density at radius 1 is 1.33 bits per heavy atom. The van der Waals surface area contributed by atoms with Gasteiger partial charge in [-0.05, 0) is 32.7 Å². The number of terminal acetylenes is 1. The molecule has 2 atom stereocenters. The van der Waals surface area contributed by atoms with E-state index in [-0.39, 0.29) is 12.0 Å². The molecule has 2 unspecified atom stereocenters. The van der Waals surface area contributed by atoms with E-state index in [0.29, 0.717) is 19.1 Å². The molecule has 5 nitrogen and oxygen atoms in total. The van der Waals surface area contributed by atoms with Gasteiger partial charge in [0.1, 0.15) is 0 Å². The van der Waals surface area contributed by atoms with Crippen molar-refractivity contribution in [2.45, 2.75) is 38.3 Å². The maximum absolute atomic E-state index is 12.4. The maximum atomic E-state index is 12.4. The van der Waals surface area contributed by atoms with Crippen LogP contribution in [0.2, 0.25) is 0 Å². The highest BCUT2D eigenvalue weighted by atomic mass is 16.3. The normalized spacial score (nSPS) is 25.8. The fraction of sp³-hybridized carbons (Fsp3) is 0.812. The van der Waals surface area contributed by atoms with Crippen molar-refractivity contribution in [3.63, 3.8) is 0 Å². The van der Waals surface area contributed by atoms with Gasteiger partial charge in [0.15, 0.2) is 0 Å². The van der Waals surface area contributed by atoms with Crippen LogP contribution in [0.3, 0.4) is 0 Å². The topological polar surface area (TPSA) is 47.0 Å². The zero-order chi connectivity index (χ0) is 15.2. The Morgan fingerprint density at radius 2 is 2.05 bits per heavy atom. The Labute approximate surface area is 127 Å². The number of likely N-dealkylation sites (tertiary alicyclic amines) is 1. The Morgan fingerprint density at radius 3 is 2.67 bits per heavy atom. The SMILES string of the molecule is C#CCN1CCN(C(=O)CN2CCCC2CC(C)O)CC1. The number of rotatable bonds is 5. The summed E-state index contributed by atoms with van der Waals surface area (Å²) in [5.41, 5.74) is 0. The summed E-state index contributed by atoms with van der Waals surface area (Å²) >= 11 is 0. The van der Waals surface area contributed by atoms with Gasteiger partial charge in [-0.1, -0.05) is 5.92 Å². The summed E-state index contributed by atoms with van der Waals surface area (Å²) in [4.78, 5) is 18.8. The summed E-state index contributed by atoms with van der Waals surface area (Å²) in [5, 5.41) is 9.55. The number of hydrogen-bond acceptors (Lipinski definition) is 4. The molecule has 0 saturated carbocycles. The molecular formula is C16H27N3O2. The molecule has 1 amide bonds. The molecule has 0 radical (unpaired) electrons. The van der Waals surface area contributed by atoms with Crippen LogP contribution in [0.5, 0.6) is 0 Å². The molecule has 0 aliphatic carbocycles. The first-order valence-electron chi connectivity index (χ1n) is 7.96. The molecule has 118 valence electrons. The van der Waals surface area contributed by atoms with Crippen LogP contribution < -0.4 is 0 Å². The second kappa shape index (κ2) is 7.79. The number of aliphatic hydroxyl groups is 1. The average Bonchev–Trinajstić information content (AvgIpc) is 2.86. The summed E-state index contributed by atoms with van der Waals surface area (Å²) in [5.74, 6) is 2.87. The van der Waals surface area contributed by atoms with Crippen LogP contribution in [-0.4, -0.2) is 83.7 Å². The summed E-state index contributed by atoms with van der Waals surface area (Å²) in [6.45, 7) is 7.24. The van der Waals surface area contributed by atoms with E-state index < -0.39 is 0 Å². The molecule has 2 heterocycles. The molecule has 5 heteroatoms. The lowest BCUT2D eigenvalue weighted by atomic mass is 10.1. The van der Waals surface area contributed by atoms with Crippen LogP contribution in [0.15, 0.2) is 0 Å². The number of carbonyl (C=O) groups is 1. The standard InChI is InChI=1S/C16H27N3O2/c1-3-6-17-8-10-18(11-9-17)16(21)13-19-7-4-5-15(19)12-14(2)20/h1,14-15,20H,4-13H2,2H3. The van der Waals surface area contributed by atoms with Crippen LogP contribution in [-0.2, 0) is 4.79 Å². The second-order valence-corrected chi connectivity index (χ2v) is 6.21. The van der Waals surface area contributed by atoms with Gasteiger partial charge in [0, 0.05) is 32.2 Å². The van der Waals surface area contributed by atoms with Gasteiger partial charge in [0.05, 0.1) is 19.2 Å². The first-order chi connectivity index (χ1) is 10.1. The van der Waals surface area contributed by atoms with Crippen molar-refractivity contribution in [2.75, 3.05) is 45.8 Å². The number of amides is 1. The molecule has 2 aliphatic heterocycles. The number of aliphatic hydroxyl groups excluding tert-OH is 1. The smallest absolute Gasteiger partial charge is 0.236 e. The van der Waals surface area contributed by atoms with Crippen molar-refractivity contribution >= 4 is 5.91 Å². The van der Waals surface area contributed by atoms with Gasteiger partial charge < -0.3 is 10.0 Å². The van der Waals surface area contributed by atoms with Gasteiger partial charge in [-0.2, -0.15) is 0 Å². The van der Waals surface area contributed by atoms with Crippen LogP contribution >= 0.6 is 0 Å². The Kier molecular flexibility index (Phi) is 6.04. The fourth-order valence-electron chi connectivity index (χ4n) is 3.32. The fourth-order valence-corrected chi connectivity index (χ4v) is 3.32. The number of piperazine rings is 1. The zero-order valence-electron chi connectivity index (χ0n) is 13.0. The van der Waals surface area contributed by atoms with Crippen LogP contribution in [0.25, 0.3) is 0 Å². The number of nitrogens with zero attached hydrogens (tertiary/aromatic N) is 3. The molecule has 0 spiro atoms.